The third kappa shape index (κ3) is 2.89. The Hall–Kier alpha value is -1.72. The van der Waals surface area contributed by atoms with Crippen molar-refractivity contribution in [3.8, 4) is 17.1 Å². The van der Waals surface area contributed by atoms with Crippen LogP contribution in [0.5, 0.6) is 0 Å². The normalized spacial score (nSPS) is 10.1. The van der Waals surface area contributed by atoms with Crippen LogP contribution in [0.1, 0.15) is 5.56 Å². The van der Waals surface area contributed by atoms with Crippen LogP contribution in [0.3, 0.4) is 0 Å². The SMILES string of the molecule is Cc1ccc(-[n+]2sc(N)nc2-c2ccccc2)cc1.[Br-]. The fourth-order valence-corrected chi connectivity index (χ4v) is 2.71. The van der Waals surface area contributed by atoms with Gasteiger partial charge in [-0.15, -0.1) is 3.96 Å². The van der Waals surface area contributed by atoms with Crippen LogP contribution in [0.2, 0.25) is 0 Å². The van der Waals surface area contributed by atoms with E-state index in [9.17, 15) is 0 Å². The first-order chi connectivity index (χ1) is 9.24. The number of halogens is 1. The highest BCUT2D eigenvalue weighted by Gasteiger charge is 2.22. The minimum absolute atomic E-state index is 0. The van der Waals surface area contributed by atoms with E-state index in [1.807, 2.05) is 30.3 Å². The van der Waals surface area contributed by atoms with Crippen LogP contribution in [0.4, 0.5) is 5.13 Å². The summed E-state index contributed by atoms with van der Waals surface area (Å²) in [5, 5.41) is 0.569. The minimum Gasteiger partial charge on any atom is -1.00 e. The fourth-order valence-electron chi connectivity index (χ4n) is 1.93. The molecule has 2 aromatic carbocycles. The highest BCUT2D eigenvalue weighted by atomic mass is 79.9. The topological polar surface area (TPSA) is 42.8 Å². The van der Waals surface area contributed by atoms with Gasteiger partial charge in [-0.1, -0.05) is 35.9 Å². The zero-order valence-corrected chi connectivity index (χ0v) is 13.4. The molecule has 0 saturated carbocycles. The first kappa shape index (κ1) is 14.7. The molecule has 0 spiro atoms. The van der Waals surface area contributed by atoms with E-state index >= 15 is 0 Å². The maximum atomic E-state index is 5.87. The van der Waals surface area contributed by atoms with Crippen LogP contribution in [0.15, 0.2) is 54.6 Å². The summed E-state index contributed by atoms with van der Waals surface area (Å²) in [5.74, 6) is 0.881. The Bertz CT molecular complexity index is 693. The number of anilines is 1. The van der Waals surface area contributed by atoms with E-state index in [-0.39, 0.29) is 17.0 Å². The summed E-state index contributed by atoms with van der Waals surface area (Å²) >= 11 is 1.45. The van der Waals surface area contributed by atoms with Crippen molar-refractivity contribution in [1.82, 2.24) is 4.98 Å². The van der Waals surface area contributed by atoms with Gasteiger partial charge in [-0.25, -0.2) is 0 Å². The second-order valence-electron chi connectivity index (χ2n) is 4.36. The molecular weight excluding hydrogens is 334 g/mol. The van der Waals surface area contributed by atoms with Crippen molar-refractivity contribution in [2.75, 3.05) is 5.73 Å². The smallest absolute Gasteiger partial charge is 0.350 e. The molecule has 0 atom stereocenters. The number of nitrogen functional groups attached to an aromatic ring is 1. The van der Waals surface area contributed by atoms with Gasteiger partial charge in [0.25, 0.3) is 0 Å². The van der Waals surface area contributed by atoms with E-state index in [1.165, 1.54) is 17.1 Å². The van der Waals surface area contributed by atoms with Crippen molar-refractivity contribution in [3.05, 3.63) is 60.2 Å². The highest BCUT2D eigenvalue weighted by molar-refractivity contribution is 7.05. The molecule has 0 bridgehead atoms. The molecule has 3 rings (SSSR count). The van der Waals surface area contributed by atoms with E-state index in [0.717, 1.165) is 17.1 Å². The Balaban J connectivity index is 0.00000147. The lowest BCUT2D eigenvalue weighted by Crippen LogP contribution is -3.00. The number of rotatable bonds is 2. The summed E-state index contributed by atoms with van der Waals surface area (Å²) in [4.78, 5) is 4.44. The van der Waals surface area contributed by atoms with E-state index in [1.54, 1.807) is 0 Å². The van der Waals surface area contributed by atoms with Gasteiger partial charge in [-0.3, -0.25) is 0 Å². The lowest BCUT2D eigenvalue weighted by molar-refractivity contribution is -0.509. The molecule has 0 aliphatic heterocycles. The first-order valence-corrected chi connectivity index (χ1v) is 6.83. The van der Waals surface area contributed by atoms with Gasteiger partial charge in [-0.05, 0) is 36.2 Å². The number of aromatic nitrogens is 2. The van der Waals surface area contributed by atoms with Crippen LogP contribution in [-0.2, 0) is 0 Å². The Morgan fingerprint density at radius 2 is 1.65 bits per heavy atom. The third-order valence-corrected chi connectivity index (χ3v) is 3.74. The molecular formula is C15H14BrN3S. The summed E-state index contributed by atoms with van der Waals surface area (Å²) < 4.78 is 2.06. The second-order valence-corrected chi connectivity index (χ2v) is 5.33. The number of hydrogen-bond acceptors (Lipinski definition) is 3. The number of benzene rings is 2. The van der Waals surface area contributed by atoms with Gasteiger partial charge in [0, 0.05) is 0 Å². The monoisotopic (exact) mass is 347 g/mol. The molecule has 0 aliphatic rings. The Labute approximate surface area is 132 Å². The number of nitrogens with two attached hydrogens (primary N) is 1. The third-order valence-electron chi connectivity index (χ3n) is 2.89. The van der Waals surface area contributed by atoms with Gasteiger partial charge in [-0.2, -0.15) is 0 Å². The molecule has 102 valence electrons. The Morgan fingerprint density at radius 3 is 2.30 bits per heavy atom. The van der Waals surface area contributed by atoms with Crippen LogP contribution in [0.25, 0.3) is 17.1 Å². The summed E-state index contributed by atoms with van der Waals surface area (Å²) in [6.07, 6.45) is 0. The molecule has 3 aromatic rings. The van der Waals surface area contributed by atoms with Gasteiger partial charge < -0.3 is 22.7 Å². The first-order valence-electron chi connectivity index (χ1n) is 6.05. The standard InChI is InChI=1S/C15H13N3S.BrH/c1-11-7-9-13(10-8-11)18-14(17-15(16)19-18)12-5-3-2-4-6-12;/h2-10,16H,1H3;1H. The summed E-state index contributed by atoms with van der Waals surface area (Å²) in [6.45, 7) is 2.08. The largest absolute Gasteiger partial charge is 1.00 e. The maximum absolute atomic E-state index is 5.87. The second kappa shape index (κ2) is 6.15. The zero-order chi connectivity index (χ0) is 13.2. The zero-order valence-electron chi connectivity index (χ0n) is 11.0. The van der Waals surface area contributed by atoms with Crippen LogP contribution < -0.4 is 26.7 Å². The van der Waals surface area contributed by atoms with Gasteiger partial charge in [0.2, 0.25) is 0 Å². The molecule has 0 unspecified atom stereocenters. The fraction of sp³-hybridized carbons (Fsp3) is 0.0667. The predicted molar refractivity (Wildman–Crippen MR) is 78.2 cm³/mol. The van der Waals surface area contributed by atoms with E-state index in [4.69, 9.17) is 5.73 Å². The lowest BCUT2D eigenvalue weighted by Gasteiger charge is -1.98. The molecule has 20 heavy (non-hydrogen) atoms. The van der Waals surface area contributed by atoms with Crippen molar-refractivity contribution < 1.29 is 20.9 Å². The quantitative estimate of drug-likeness (QED) is 0.662. The highest BCUT2D eigenvalue weighted by Crippen LogP contribution is 2.19. The lowest BCUT2D eigenvalue weighted by atomic mass is 10.2. The molecule has 0 fully saturated rings. The van der Waals surface area contributed by atoms with Gasteiger partial charge in [0.1, 0.15) is 17.2 Å². The maximum Gasteiger partial charge on any atom is 0.350 e. The van der Waals surface area contributed by atoms with Crippen LogP contribution in [-0.4, -0.2) is 4.98 Å². The molecule has 0 radical (unpaired) electrons. The van der Waals surface area contributed by atoms with E-state index in [2.05, 4.69) is 40.1 Å². The Kier molecular flexibility index (Phi) is 4.52. The number of aryl methyl sites for hydroxylation is 1. The van der Waals surface area contributed by atoms with Crippen LogP contribution >= 0.6 is 11.5 Å². The molecule has 1 heterocycles. The molecule has 0 aliphatic carbocycles. The molecule has 0 saturated heterocycles. The van der Waals surface area contributed by atoms with E-state index < -0.39 is 0 Å². The van der Waals surface area contributed by atoms with Gasteiger partial charge in [0.05, 0.1) is 5.56 Å². The molecule has 1 aromatic heterocycles. The van der Waals surface area contributed by atoms with Crippen molar-refractivity contribution in [1.29, 1.82) is 0 Å². The predicted octanol–water partition coefficient (Wildman–Crippen LogP) is -0.0186. The van der Waals surface area contributed by atoms with Crippen molar-refractivity contribution >= 4 is 16.7 Å². The van der Waals surface area contributed by atoms with Crippen molar-refractivity contribution in [2.45, 2.75) is 6.92 Å². The van der Waals surface area contributed by atoms with Crippen LogP contribution in [0, 0.1) is 6.92 Å². The average Bonchev–Trinajstić information content (AvgIpc) is 2.83. The van der Waals surface area contributed by atoms with Crippen molar-refractivity contribution in [2.24, 2.45) is 0 Å². The summed E-state index contributed by atoms with van der Waals surface area (Å²) in [6, 6.07) is 18.4. The Morgan fingerprint density at radius 1 is 1.00 bits per heavy atom. The number of hydrogen-bond donors (Lipinski definition) is 1. The summed E-state index contributed by atoms with van der Waals surface area (Å²) in [5.41, 5.74) is 9.26. The summed E-state index contributed by atoms with van der Waals surface area (Å²) in [7, 11) is 0. The number of nitrogens with zero attached hydrogens (tertiary/aromatic N) is 2. The average molecular weight is 348 g/mol. The molecule has 0 amide bonds. The molecule has 5 heteroatoms. The van der Waals surface area contributed by atoms with Gasteiger partial charge in [0.15, 0.2) is 0 Å². The van der Waals surface area contributed by atoms with Gasteiger partial charge >= 0.3 is 11.0 Å². The molecule has 2 N–H and O–H groups in total. The molecule has 3 nitrogen and oxygen atoms in total. The van der Waals surface area contributed by atoms with E-state index in [0.29, 0.717) is 5.13 Å². The van der Waals surface area contributed by atoms with Crippen molar-refractivity contribution in [3.63, 3.8) is 0 Å². The minimum atomic E-state index is 0.